The van der Waals surface area contributed by atoms with Crippen LogP contribution in [0.1, 0.15) is 38.1 Å². The van der Waals surface area contributed by atoms with Crippen molar-refractivity contribution in [2.75, 3.05) is 14.2 Å². The van der Waals surface area contributed by atoms with Crippen LogP contribution in [0.3, 0.4) is 0 Å². The Balaban J connectivity index is 2.51. The first-order chi connectivity index (χ1) is 7.97. The quantitative estimate of drug-likeness (QED) is 0.785. The molecular formula is C14H19NO2. The van der Waals surface area contributed by atoms with Gasteiger partial charge in [-0.15, -0.1) is 0 Å². The number of nitrogens with zero attached hydrogens (tertiary/aromatic N) is 1. The fourth-order valence-corrected chi connectivity index (χ4v) is 2.12. The highest BCUT2D eigenvalue weighted by atomic mass is 16.5. The van der Waals surface area contributed by atoms with Crippen LogP contribution in [0.25, 0.3) is 0 Å². The van der Waals surface area contributed by atoms with E-state index < -0.39 is 0 Å². The van der Waals surface area contributed by atoms with Gasteiger partial charge in [-0.05, 0) is 18.2 Å². The molecule has 1 aromatic rings. The zero-order valence-corrected chi connectivity index (χ0v) is 11.1. The molecule has 3 heteroatoms. The molecule has 17 heavy (non-hydrogen) atoms. The van der Waals surface area contributed by atoms with E-state index in [1.807, 2.05) is 12.1 Å². The number of ether oxygens (including phenoxy) is 2. The Morgan fingerprint density at radius 3 is 2.41 bits per heavy atom. The molecule has 0 spiro atoms. The van der Waals surface area contributed by atoms with Crippen molar-refractivity contribution in [1.82, 2.24) is 0 Å². The van der Waals surface area contributed by atoms with Gasteiger partial charge < -0.3 is 9.47 Å². The van der Waals surface area contributed by atoms with E-state index in [-0.39, 0.29) is 11.6 Å². The molecule has 1 heterocycles. The number of hydrogen-bond acceptors (Lipinski definition) is 3. The minimum atomic E-state index is -0.200. The molecule has 0 bridgehead atoms. The summed E-state index contributed by atoms with van der Waals surface area (Å²) in [4.78, 5) is 4.66. The smallest absolute Gasteiger partial charge is 0.174 e. The van der Waals surface area contributed by atoms with E-state index in [1.54, 1.807) is 14.2 Å². The molecule has 92 valence electrons. The molecule has 0 amide bonds. The van der Waals surface area contributed by atoms with Gasteiger partial charge in [0.15, 0.2) is 6.23 Å². The highest BCUT2D eigenvalue weighted by Gasteiger charge is 2.32. The molecule has 1 aromatic carbocycles. The normalized spacial score (nSPS) is 18.9. The summed E-state index contributed by atoms with van der Waals surface area (Å²) in [5, 5.41) is 0. The molecule has 1 aliphatic rings. The minimum Gasteiger partial charge on any atom is -0.497 e. The maximum Gasteiger partial charge on any atom is 0.174 e. The van der Waals surface area contributed by atoms with E-state index >= 15 is 0 Å². The van der Waals surface area contributed by atoms with Crippen molar-refractivity contribution in [2.24, 2.45) is 10.4 Å². The van der Waals surface area contributed by atoms with Gasteiger partial charge in [0.05, 0.1) is 12.8 Å². The summed E-state index contributed by atoms with van der Waals surface area (Å²) in [7, 11) is 3.35. The summed E-state index contributed by atoms with van der Waals surface area (Å²) in [6, 6.07) is 6.04. The lowest BCUT2D eigenvalue weighted by Gasteiger charge is -2.19. The van der Waals surface area contributed by atoms with Gasteiger partial charge in [0.2, 0.25) is 0 Å². The van der Waals surface area contributed by atoms with Gasteiger partial charge in [0, 0.05) is 23.7 Å². The van der Waals surface area contributed by atoms with E-state index in [0.29, 0.717) is 0 Å². The van der Waals surface area contributed by atoms with Crippen LogP contribution >= 0.6 is 0 Å². The Labute approximate surface area is 102 Å². The standard InChI is InChI=1S/C14H19NO2/c1-14(2,3)12-10-7-6-9(16-4)8-11(10)13(15-12)17-5/h6-8,13H,1-5H3/t13-/m0/s1. The van der Waals surface area contributed by atoms with Crippen LogP contribution in [-0.2, 0) is 4.74 Å². The van der Waals surface area contributed by atoms with E-state index in [0.717, 1.165) is 17.0 Å². The second-order valence-electron chi connectivity index (χ2n) is 5.27. The SMILES string of the molecule is COc1ccc2c(c1)[C@H](OC)N=C2C(C)(C)C. The zero-order valence-electron chi connectivity index (χ0n) is 11.1. The van der Waals surface area contributed by atoms with Gasteiger partial charge in [0.1, 0.15) is 5.75 Å². The van der Waals surface area contributed by atoms with Crippen molar-refractivity contribution >= 4 is 5.71 Å². The van der Waals surface area contributed by atoms with Crippen LogP contribution in [0.4, 0.5) is 0 Å². The molecule has 2 rings (SSSR count). The second kappa shape index (κ2) is 4.15. The third-order valence-electron chi connectivity index (χ3n) is 2.96. The van der Waals surface area contributed by atoms with Crippen molar-refractivity contribution in [1.29, 1.82) is 0 Å². The average molecular weight is 233 g/mol. The molecule has 0 N–H and O–H groups in total. The highest BCUT2D eigenvalue weighted by molar-refractivity contribution is 6.07. The molecule has 1 aliphatic heterocycles. The van der Waals surface area contributed by atoms with Crippen LogP contribution in [0.5, 0.6) is 5.75 Å². The van der Waals surface area contributed by atoms with E-state index in [9.17, 15) is 0 Å². The summed E-state index contributed by atoms with van der Waals surface area (Å²) in [5.74, 6) is 0.844. The van der Waals surface area contributed by atoms with E-state index in [1.165, 1.54) is 5.56 Å². The van der Waals surface area contributed by atoms with Crippen molar-refractivity contribution in [3.05, 3.63) is 29.3 Å². The Bertz CT molecular complexity index is 458. The van der Waals surface area contributed by atoms with Gasteiger partial charge in [0.25, 0.3) is 0 Å². The first kappa shape index (κ1) is 12.1. The van der Waals surface area contributed by atoms with Gasteiger partial charge in [-0.1, -0.05) is 20.8 Å². The minimum absolute atomic E-state index is 0.0244. The van der Waals surface area contributed by atoms with Crippen molar-refractivity contribution in [3.63, 3.8) is 0 Å². The second-order valence-corrected chi connectivity index (χ2v) is 5.27. The molecule has 1 atom stereocenters. The fraction of sp³-hybridized carbons (Fsp3) is 0.500. The third kappa shape index (κ3) is 2.07. The maximum absolute atomic E-state index is 5.42. The molecule has 0 aromatic heterocycles. The van der Waals surface area contributed by atoms with Gasteiger partial charge in [-0.25, -0.2) is 0 Å². The first-order valence-electron chi connectivity index (χ1n) is 5.76. The predicted octanol–water partition coefficient (Wildman–Crippen LogP) is 3.19. The summed E-state index contributed by atoms with van der Waals surface area (Å²) < 4.78 is 10.7. The molecule has 0 radical (unpaired) electrons. The molecule has 0 saturated carbocycles. The Morgan fingerprint density at radius 2 is 1.88 bits per heavy atom. The summed E-state index contributed by atoms with van der Waals surface area (Å²) in [6.07, 6.45) is -0.200. The molecular weight excluding hydrogens is 214 g/mol. The average Bonchev–Trinajstić information content (AvgIpc) is 2.66. The first-order valence-corrected chi connectivity index (χ1v) is 5.76. The lowest BCUT2D eigenvalue weighted by Crippen LogP contribution is -2.19. The van der Waals surface area contributed by atoms with Crippen LogP contribution < -0.4 is 4.74 Å². The summed E-state index contributed by atoms with van der Waals surface area (Å²) in [6.45, 7) is 6.49. The van der Waals surface area contributed by atoms with Crippen LogP contribution in [-0.4, -0.2) is 19.9 Å². The summed E-state index contributed by atoms with van der Waals surface area (Å²) >= 11 is 0. The van der Waals surface area contributed by atoms with Crippen LogP contribution in [0.15, 0.2) is 23.2 Å². The number of benzene rings is 1. The van der Waals surface area contributed by atoms with Gasteiger partial charge in [-0.3, -0.25) is 4.99 Å². The molecule has 0 unspecified atom stereocenters. The highest BCUT2D eigenvalue weighted by Crippen LogP contribution is 2.38. The van der Waals surface area contributed by atoms with Gasteiger partial charge >= 0.3 is 0 Å². The Morgan fingerprint density at radius 1 is 1.18 bits per heavy atom. The molecule has 0 aliphatic carbocycles. The van der Waals surface area contributed by atoms with E-state index in [2.05, 4.69) is 31.8 Å². The van der Waals surface area contributed by atoms with Crippen LogP contribution in [0.2, 0.25) is 0 Å². The topological polar surface area (TPSA) is 30.8 Å². The van der Waals surface area contributed by atoms with Crippen molar-refractivity contribution < 1.29 is 9.47 Å². The fourth-order valence-electron chi connectivity index (χ4n) is 2.12. The third-order valence-corrected chi connectivity index (χ3v) is 2.96. The zero-order chi connectivity index (χ0) is 12.6. The Hall–Kier alpha value is -1.35. The van der Waals surface area contributed by atoms with Crippen molar-refractivity contribution in [3.8, 4) is 5.75 Å². The maximum atomic E-state index is 5.42. The van der Waals surface area contributed by atoms with Crippen LogP contribution in [0, 0.1) is 5.41 Å². The Kier molecular flexibility index (Phi) is 2.96. The number of rotatable bonds is 2. The number of fused-ring (bicyclic) bond motifs is 1. The lowest BCUT2D eigenvalue weighted by molar-refractivity contribution is 0.113. The largest absolute Gasteiger partial charge is 0.497 e. The lowest BCUT2D eigenvalue weighted by atomic mass is 9.85. The molecule has 3 nitrogen and oxygen atoms in total. The van der Waals surface area contributed by atoms with E-state index in [4.69, 9.17) is 9.47 Å². The van der Waals surface area contributed by atoms with Gasteiger partial charge in [-0.2, -0.15) is 0 Å². The predicted molar refractivity (Wildman–Crippen MR) is 68.7 cm³/mol. The summed E-state index contributed by atoms with van der Waals surface area (Å²) in [5.41, 5.74) is 3.39. The molecule has 0 saturated heterocycles. The monoisotopic (exact) mass is 233 g/mol. The number of aliphatic imine (C=N–C) groups is 1. The van der Waals surface area contributed by atoms with Crippen molar-refractivity contribution in [2.45, 2.75) is 27.0 Å². The number of hydrogen-bond donors (Lipinski definition) is 0. The molecule has 0 fully saturated rings. The number of methoxy groups -OCH3 is 2.